The molecule has 0 aromatic heterocycles. The van der Waals surface area contributed by atoms with Crippen LogP contribution in [0.2, 0.25) is 0 Å². The summed E-state index contributed by atoms with van der Waals surface area (Å²) < 4.78 is 148. The molecule has 1 radical (unpaired) electrons. The molecule has 0 heterocycles. The van der Waals surface area contributed by atoms with Crippen LogP contribution < -0.4 is 0 Å². The van der Waals surface area contributed by atoms with E-state index in [-0.39, 0.29) is 85.5 Å². The summed E-state index contributed by atoms with van der Waals surface area (Å²) in [5.74, 6) is 0. The maximum Gasteiger partial charge on any atom is 2.00 e. The van der Waals surface area contributed by atoms with Crippen LogP contribution in [0.25, 0.3) is 43.1 Å². The molecular weight excluding hydrogens is 1870 g/mol. The van der Waals surface area contributed by atoms with Gasteiger partial charge in [0.05, 0.1) is 19.6 Å². The molecule has 8 aromatic carbocycles. The largest absolute Gasteiger partial charge is 2.00 e. The third kappa shape index (κ3) is 47.3. The number of rotatable bonds is 68. The van der Waals surface area contributed by atoms with Crippen molar-refractivity contribution in [1.82, 2.24) is 0 Å². The fraction of sp³-hybridized carbons (Fsp3) is 0.643. The first kappa shape index (κ1) is 121. The number of hydrogen-bond donors (Lipinski definition) is 0. The van der Waals surface area contributed by atoms with Gasteiger partial charge in [0.1, 0.15) is 40.5 Å². The first-order valence-electron chi connectivity index (χ1n) is 51.9. The van der Waals surface area contributed by atoms with E-state index in [1.165, 1.54) is 257 Å². The van der Waals surface area contributed by atoms with Crippen LogP contribution in [-0.2, 0) is 109 Å². The summed E-state index contributed by atoms with van der Waals surface area (Å²) in [6.07, 6.45) is 73.4. The first-order valence-corrected chi connectivity index (χ1v) is 57.6. The smallest absolute Gasteiger partial charge is 0.744 e. The number of benzene rings is 8. The Morgan fingerprint density at radius 2 is 0.308 bits per heavy atom. The minimum atomic E-state index is -4.53. The Morgan fingerprint density at radius 1 is 0.185 bits per heavy atom. The molecule has 0 spiro atoms. The summed E-state index contributed by atoms with van der Waals surface area (Å²) in [7, 11) is -18.1. The Balaban J connectivity index is 0.000000444. The van der Waals surface area contributed by atoms with Crippen molar-refractivity contribution in [3.8, 4) is 0 Å². The normalized spacial score (nSPS) is 11.8. The maximum absolute atomic E-state index is 12.3. The van der Waals surface area contributed by atoms with Gasteiger partial charge in [0, 0.05) is 0 Å². The minimum absolute atomic E-state index is 0. The number of unbranched alkanes of at least 4 members (excludes halogenated alkanes) is 48. The van der Waals surface area contributed by atoms with Gasteiger partial charge < -0.3 is 18.2 Å². The van der Waals surface area contributed by atoms with Crippen molar-refractivity contribution in [2.24, 2.45) is 0 Å². The monoisotopic (exact) mass is 2040 g/mol. The molecule has 18 heteroatoms. The van der Waals surface area contributed by atoms with Crippen LogP contribution in [0.1, 0.15) is 459 Å². The first-order chi connectivity index (χ1) is 61.9. The van der Waals surface area contributed by atoms with Crippen LogP contribution in [0.5, 0.6) is 0 Å². The van der Waals surface area contributed by atoms with Gasteiger partial charge in [-0.1, -0.05) is 485 Å². The van der Waals surface area contributed by atoms with Crippen molar-refractivity contribution in [1.29, 1.82) is 0 Å². The van der Waals surface area contributed by atoms with E-state index in [4.69, 9.17) is 0 Å². The molecule has 0 unspecified atom stereocenters. The average Bonchev–Trinajstić information content (AvgIpc) is 0.782. The van der Waals surface area contributed by atoms with E-state index < -0.39 is 40.5 Å². The molecular formula is C112H172BaCuO12S4. The Labute approximate surface area is 844 Å². The van der Waals surface area contributed by atoms with Gasteiger partial charge in [0.25, 0.3) is 0 Å². The van der Waals surface area contributed by atoms with E-state index in [0.29, 0.717) is 47.2 Å². The molecule has 0 saturated carbocycles. The second kappa shape index (κ2) is 71.9. The molecule has 0 aliphatic heterocycles. The van der Waals surface area contributed by atoms with Crippen molar-refractivity contribution in [3.05, 3.63) is 166 Å². The van der Waals surface area contributed by atoms with Gasteiger partial charge in [-0.05, 0) is 190 Å². The van der Waals surface area contributed by atoms with Crippen molar-refractivity contribution < 1.29 is 69.0 Å². The van der Waals surface area contributed by atoms with Crippen molar-refractivity contribution in [2.45, 2.75) is 486 Å². The molecule has 0 bridgehead atoms. The van der Waals surface area contributed by atoms with Crippen LogP contribution in [0.3, 0.4) is 0 Å². The fourth-order valence-electron chi connectivity index (χ4n) is 18.9. The van der Waals surface area contributed by atoms with E-state index >= 15 is 0 Å². The van der Waals surface area contributed by atoms with E-state index in [0.717, 1.165) is 194 Å². The third-order valence-corrected chi connectivity index (χ3v) is 30.0. The average molecular weight is 2040 g/mol. The number of fused-ring (bicyclic) bond motifs is 4. The predicted molar refractivity (Wildman–Crippen MR) is 547 cm³/mol. The zero-order valence-corrected chi connectivity index (χ0v) is 91.0. The number of aryl methyl sites for hydroxylation is 4. The molecule has 8 aromatic rings. The number of hydrogen-bond acceptors (Lipinski definition) is 12. The summed E-state index contributed by atoms with van der Waals surface area (Å²) in [4.78, 5) is 0.165. The summed E-state index contributed by atoms with van der Waals surface area (Å²) in [6.45, 7) is 17.8. The molecule has 0 N–H and O–H groups in total. The van der Waals surface area contributed by atoms with Crippen LogP contribution >= 0.6 is 0 Å². The van der Waals surface area contributed by atoms with Gasteiger partial charge >= 0.3 is 65.9 Å². The summed E-state index contributed by atoms with van der Waals surface area (Å²) in [5.41, 5.74) is 7.43. The van der Waals surface area contributed by atoms with Crippen molar-refractivity contribution >= 4 is 132 Å². The van der Waals surface area contributed by atoms with Gasteiger partial charge in [-0.2, -0.15) is 0 Å². The molecule has 130 heavy (non-hydrogen) atoms. The van der Waals surface area contributed by atoms with E-state index in [2.05, 4.69) is 79.7 Å². The van der Waals surface area contributed by atoms with Gasteiger partial charge in [-0.25, -0.2) is 33.7 Å². The molecule has 0 aliphatic rings. The Morgan fingerprint density at radius 3 is 0.446 bits per heavy atom. The summed E-state index contributed by atoms with van der Waals surface area (Å²) >= 11 is 0. The maximum atomic E-state index is 12.3. The Bertz CT molecular complexity index is 4230. The predicted octanol–water partition coefficient (Wildman–Crippen LogP) is 32.9. The fourth-order valence-corrected chi connectivity index (χ4v) is 22.9. The standard InChI is InChI=1S/4C28H44O3S.Ba.Cu/c4*1-3-5-7-9-11-13-15-19-24-23-25-20-17-18-22-27(25)28(32(29,30)31)26(24)21-16-14-12-10-8-6-4-2;;/h4*17-18,20,22-23H,3-16,19,21H2,1-2H3,(H,29,30,31);;/q;;;;2*+2/p-4. The Hall–Kier alpha value is -3.47. The van der Waals surface area contributed by atoms with Crippen molar-refractivity contribution in [2.75, 3.05) is 0 Å². The van der Waals surface area contributed by atoms with Gasteiger partial charge in [0.2, 0.25) is 0 Å². The third-order valence-electron chi connectivity index (χ3n) is 26.1. The van der Waals surface area contributed by atoms with E-state index in [1.54, 1.807) is 24.3 Å². The molecule has 729 valence electrons. The van der Waals surface area contributed by atoms with Crippen LogP contribution in [0.15, 0.2) is 141 Å². The second-order valence-electron chi connectivity index (χ2n) is 37.0. The van der Waals surface area contributed by atoms with Gasteiger partial charge in [-0.3, -0.25) is 0 Å². The molecule has 0 amide bonds. The molecule has 0 fully saturated rings. The topological polar surface area (TPSA) is 229 Å². The SMILES string of the molecule is CCCCCCCCCc1cc2ccccc2c(S(=O)(=O)[O-])c1CCCCCCCCC.CCCCCCCCCc1cc2ccccc2c(S(=O)(=O)[O-])c1CCCCCCCCC.CCCCCCCCCc1cc2ccccc2c(S(=O)(=O)[O-])c1CCCCCCCCC.CCCCCCCCCc1cc2ccccc2c(S(=O)(=O)[O-])c1CCCCCCCCC.[Ba+2].[Cu+2]. The molecule has 0 aliphatic carbocycles. The molecule has 0 atom stereocenters. The van der Waals surface area contributed by atoms with Crippen molar-refractivity contribution in [3.63, 3.8) is 0 Å². The zero-order chi connectivity index (χ0) is 92.9. The second-order valence-corrected chi connectivity index (χ2v) is 42.3. The summed E-state index contributed by atoms with van der Waals surface area (Å²) in [5, 5.41) is 5.80. The van der Waals surface area contributed by atoms with E-state index in [1.807, 2.05) is 72.8 Å². The zero-order valence-electron chi connectivity index (χ0n) is 82.3. The van der Waals surface area contributed by atoms with Crippen LogP contribution in [0, 0.1) is 0 Å². The molecule has 8 rings (SSSR count). The minimum Gasteiger partial charge on any atom is -0.744 e. The van der Waals surface area contributed by atoms with Crippen LogP contribution in [0.4, 0.5) is 0 Å². The molecule has 12 nitrogen and oxygen atoms in total. The quantitative estimate of drug-likeness (QED) is 0.0197. The van der Waals surface area contributed by atoms with Crippen LogP contribution in [-0.4, -0.2) is 101 Å². The summed E-state index contributed by atoms with van der Waals surface area (Å²) in [6, 6.07) is 38.3. The Kier molecular flexibility index (Phi) is 66.8. The molecule has 0 saturated heterocycles. The van der Waals surface area contributed by atoms with Gasteiger partial charge in [-0.15, -0.1) is 0 Å². The van der Waals surface area contributed by atoms with E-state index in [9.17, 15) is 51.9 Å². The van der Waals surface area contributed by atoms with Gasteiger partial charge in [0.15, 0.2) is 0 Å².